The van der Waals surface area contributed by atoms with Crippen LogP contribution in [0.25, 0.3) is 11.6 Å². The minimum atomic E-state index is -0.110. The molecule has 0 aromatic carbocycles. The summed E-state index contributed by atoms with van der Waals surface area (Å²) in [4.78, 5) is 20.5. The Hall–Kier alpha value is -2.70. The number of amides is 1. The molecule has 0 saturated heterocycles. The zero-order chi connectivity index (χ0) is 14.2. The van der Waals surface area contributed by atoms with Crippen LogP contribution in [0.4, 0.5) is 5.82 Å². The van der Waals surface area contributed by atoms with Crippen LogP contribution in [0.1, 0.15) is 18.5 Å². The molecule has 2 aromatic rings. The van der Waals surface area contributed by atoms with E-state index in [1.807, 2.05) is 10.6 Å². The molecule has 7 heteroatoms. The van der Waals surface area contributed by atoms with E-state index in [9.17, 15) is 4.79 Å². The van der Waals surface area contributed by atoms with Crippen molar-refractivity contribution in [3.8, 4) is 0 Å². The molecule has 3 N–H and O–H groups in total. The van der Waals surface area contributed by atoms with Gasteiger partial charge in [-0.05, 0) is 18.8 Å². The maximum absolute atomic E-state index is 12.1. The summed E-state index contributed by atoms with van der Waals surface area (Å²) in [7, 11) is 0. The van der Waals surface area contributed by atoms with Gasteiger partial charge < -0.3 is 5.32 Å². The van der Waals surface area contributed by atoms with Crippen molar-refractivity contribution in [2.24, 2.45) is 5.92 Å². The Bertz CT molecular complexity index is 752. The highest BCUT2D eigenvalue weighted by Gasteiger charge is 2.26. The fourth-order valence-electron chi connectivity index (χ4n) is 2.30. The van der Waals surface area contributed by atoms with Crippen LogP contribution in [0, 0.1) is 5.92 Å². The summed E-state index contributed by atoms with van der Waals surface area (Å²) >= 11 is 0. The van der Waals surface area contributed by atoms with Crippen molar-refractivity contribution in [3.05, 3.63) is 36.2 Å². The lowest BCUT2D eigenvalue weighted by Gasteiger charge is -2.14. The molecule has 2 aromatic heterocycles. The summed E-state index contributed by atoms with van der Waals surface area (Å²) in [6, 6.07) is 0. The largest absolute Gasteiger partial charge is 0.350 e. The van der Waals surface area contributed by atoms with E-state index >= 15 is 0 Å². The van der Waals surface area contributed by atoms with Gasteiger partial charge in [-0.25, -0.2) is 10.4 Å². The first kappa shape index (κ1) is 12.1. The maximum atomic E-state index is 12.1. The van der Waals surface area contributed by atoms with E-state index in [1.165, 1.54) is 12.8 Å². The minimum Gasteiger partial charge on any atom is -0.350 e. The van der Waals surface area contributed by atoms with Gasteiger partial charge in [-0.2, -0.15) is 9.83 Å². The van der Waals surface area contributed by atoms with Crippen LogP contribution in [0.3, 0.4) is 0 Å². The minimum absolute atomic E-state index is 0.110. The average molecular weight is 283 g/mol. The van der Waals surface area contributed by atoms with Crippen molar-refractivity contribution >= 4 is 23.3 Å². The predicted octanol–water partition coefficient (Wildman–Crippen LogP) is 0.0125. The van der Waals surface area contributed by atoms with Crippen molar-refractivity contribution in [1.82, 2.24) is 20.7 Å². The molecule has 0 unspecified atom stereocenters. The molecule has 0 bridgehead atoms. The summed E-state index contributed by atoms with van der Waals surface area (Å²) in [5, 5.41) is 2.93. The summed E-state index contributed by atoms with van der Waals surface area (Å²) in [6.45, 7) is 0.746. The van der Waals surface area contributed by atoms with E-state index in [4.69, 9.17) is 0 Å². The molecule has 1 saturated carbocycles. The number of rotatable bonds is 3. The molecule has 1 fully saturated rings. The first-order valence-corrected chi connectivity index (χ1v) is 6.97. The summed E-state index contributed by atoms with van der Waals surface area (Å²) in [5.41, 5.74) is 8.03. The van der Waals surface area contributed by atoms with Crippen LogP contribution in [0.15, 0.2) is 30.5 Å². The van der Waals surface area contributed by atoms with Gasteiger partial charge in [0.05, 0.1) is 18.6 Å². The monoisotopic (exact) mass is 283 g/mol. The topological polar surface area (TPSA) is 83.0 Å². The standard InChI is InChI=1S/C14H14N6O/c21-14(17-6-9-1-2-9)12-5-11-13(19-18-12)20-4-3-15-7-10(20)8-16-11/h3-5,7-9H,1-2,6H2,(H2,15,16,17,18,21)/p+1. The Morgan fingerprint density at radius 1 is 1.38 bits per heavy atom. The van der Waals surface area contributed by atoms with Gasteiger partial charge in [-0.3, -0.25) is 9.78 Å². The number of fused-ring (bicyclic) bond motifs is 3. The van der Waals surface area contributed by atoms with Crippen LogP contribution in [-0.2, 0) is 4.79 Å². The zero-order valence-corrected chi connectivity index (χ0v) is 11.3. The second-order valence-corrected chi connectivity index (χ2v) is 5.32. The first-order chi connectivity index (χ1) is 10.3. The lowest BCUT2D eigenvalue weighted by Crippen LogP contribution is -2.41. The van der Waals surface area contributed by atoms with E-state index in [0.29, 0.717) is 17.3 Å². The van der Waals surface area contributed by atoms with E-state index in [-0.39, 0.29) is 5.91 Å². The number of aromatic nitrogens is 3. The maximum Gasteiger partial charge on any atom is 0.329 e. The van der Waals surface area contributed by atoms with Gasteiger partial charge in [0, 0.05) is 12.6 Å². The average Bonchev–Trinajstić information content (AvgIpc) is 3.36. The van der Waals surface area contributed by atoms with Crippen molar-refractivity contribution in [3.63, 3.8) is 0 Å². The van der Waals surface area contributed by atoms with Gasteiger partial charge in [0.15, 0.2) is 11.2 Å². The number of nitrogens with one attached hydrogen (secondary N) is 3. The highest BCUT2D eigenvalue weighted by atomic mass is 16.2. The van der Waals surface area contributed by atoms with E-state index < -0.39 is 0 Å². The van der Waals surface area contributed by atoms with Crippen molar-refractivity contribution in [2.45, 2.75) is 12.8 Å². The number of carbonyl (C=O) groups excluding carboxylic acids is 1. The summed E-state index contributed by atoms with van der Waals surface area (Å²) in [5.74, 6) is 1.33. The quantitative estimate of drug-likeness (QED) is 0.691. The lowest BCUT2D eigenvalue weighted by molar-refractivity contribution is -0.497. The van der Waals surface area contributed by atoms with E-state index in [2.05, 4.69) is 26.1 Å². The molecule has 4 rings (SSSR count). The van der Waals surface area contributed by atoms with Crippen molar-refractivity contribution in [1.29, 1.82) is 0 Å². The second kappa shape index (κ2) is 4.69. The van der Waals surface area contributed by atoms with E-state index in [1.54, 1.807) is 24.7 Å². The van der Waals surface area contributed by atoms with Crippen LogP contribution in [0.2, 0.25) is 0 Å². The molecule has 21 heavy (non-hydrogen) atoms. The van der Waals surface area contributed by atoms with Gasteiger partial charge in [0.2, 0.25) is 0 Å². The Morgan fingerprint density at radius 2 is 2.29 bits per heavy atom. The second-order valence-electron chi connectivity index (χ2n) is 5.32. The van der Waals surface area contributed by atoms with Gasteiger partial charge >= 0.3 is 5.82 Å². The van der Waals surface area contributed by atoms with E-state index in [0.717, 1.165) is 17.9 Å². The number of hydrogen-bond acceptors (Lipinski definition) is 5. The van der Waals surface area contributed by atoms with Gasteiger partial charge in [-0.1, -0.05) is 0 Å². The molecule has 1 aliphatic carbocycles. The van der Waals surface area contributed by atoms with Crippen LogP contribution in [-0.4, -0.2) is 22.4 Å². The molecule has 2 aliphatic rings. The first-order valence-electron chi connectivity index (χ1n) is 6.97. The molecule has 1 aliphatic heterocycles. The van der Waals surface area contributed by atoms with Crippen molar-refractivity contribution < 1.29 is 9.20 Å². The molecule has 7 nitrogen and oxygen atoms in total. The highest BCUT2D eigenvalue weighted by Crippen LogP contribution is 2.27. The third-order valence-corrected chi connectivity index (χ3v) is 3.70. The molecule has 0 atom stereocenters. The molecular weight excluding hydrogens is 268 g/mol. The summed E-state index contributed by atoms with van der Waals surface area (Å²) in [6.07, 6.45) is 11.2. The fraction of sp³-hybridized carbons (Fsp3) is 0.286. The van der Waals surface area contributed by atoms with Gasteiger partial charge in [0.1, 0.15) is 11.9 Å². The molecule has 1 amide bonds. The molecule has 3 heterocycles. The Balaban J connectivity index is 1.63. The fourth-order valence-corrected chi connectivity index (χ4v) is 2.30. The number of anilines is 1. The Kier molecular flexibility index (Phi) is 2.70. The third kappa shape index (κ3) is 2.26. The number of carbonyl (C=O) groups is 1. The van der Waals surface area contributed by atoms with Crippen molar-refractivity contribution in [2.75, 3.05) is 12.0 Å². The number of hydrazine groups is 1. The van der Waals surface area contributed by atoms with Gasteiger partial charge in [0.25, 0.3) is 5.91 Å². The molecule has 0 radical (unpaired) electrons. The summed E-state index contributed by atoms with van der Waals surface area (Å²) < 4.78 is 1.93. The van der Waals surface area contributed by atoms with Crippen LogP contribution >= 0.6 is 0 Å². The molecule has 106 valence electrons. The SMILES string of the molecule is O=C(NCC1CC1)C1=Cc2ncc3cncc[n+]3c2NN1. The Labute approximate surface area is 121 Å². The predicted molar refractivity (Wildman–Crippen MR) is 75.7 cm³/mol. The third-order valence-electron chi connectivity index (χ3n) is 3.70. The van der Waals surface area contributed by atoms with Gasteiger partial charge in [-0.15, -0.1) is 0 Å². The zero-order valence-electron chi connectivity index (χ0n) is 11.3. The van der Waals surface area contributed by atoms with Crippen LogP contribution in [0.5, 0.6) is 0 Å². The highest BCUT2D eigenvalue weighted by molar-refractivity contribution is 5.98. The smallest absolute Gasteiger partial charge is 0.329 e. The number of hydrogen-bond donors (Lipinski definition) is 3. The lowest BCUT2D eigenvalue weighted by atomic mass is 10.2. The molecular formula is C14H15N6O+. The Morgan fingerprint density at radius 3 is 3.14 bits per heavy atom. The molecule has 0 spiro atoms. The van der Waals surface area contributed by atoms with Crippen LogP contribution < -0.4 is 20.6 Å². The number of nitrogens with zero attached hydrogens (tertiary/aromatic N) is 3. The normalized spacial score (nSPS) is 16.5.